The van der Waals surface area contributed by atoms with Crippen LogP contribution in [0.3, 0.4) is 0 Å². The van der Waals surface area contributed by atoms with Crippen LogP contribution in [-0.2, 0) is 11.3 Å². The molecule has 3 heterocycles. The highest BCUT2D eigenvalue weighted by Crippen LogP contribution is 2.41. The molecule has 0 unspecified atom stereocenters. The van der Waals surface area contributed by atoms with Crippen LogP contribution >= 0.6 is 0 Å². The zero-order chi connectivity index (χ0) is 23.9. The summed E-state index contributed by atoms with van der Waals surface area (Å²) in [6.07, 6.45) is 0.992. The van der Waals surface area contributed by atoms with Gasteiger partial charge in [-0.25, -0.2) is 0 Å². The molecule has 0 atom stereocenters. The molecule has 0 spiro atoms. The molecule has 0 saturated carbocycles. The van der Waals surface area contributed by atoms with E-state index in [9.17, 15) is 5.26 Å². The highest BCUT2D eigenvalue weighted by Gasteiger charge is 2.24. The lowest BCUT2D eigenvalue weighted by molar-refractivity contribution is 0.0342. The maximum Gasteiger partial charge on any atom is 0.184 e. The quantitative estimate of drug-likeness (QED) is 0.537. The summed E-state index contributed by atoms with van der Waals surface area (Å²) >= 11 is 0. The van der Waals surface area contributed by atoms with Crippen LogP contribution in [0.2, 0.25) is 0 Å². The lowest BCUT2D eigenvalue weighted by Crippen LogP contribution is -2.47. The van der Waals surface area contributed by atoms with Crippen molar-refractivity contribution in [1.29, 1.82) is 5.26 Å². The predicted octanol–water partition coefficient (Wildman–Crippen LogP) is 2.75. The van der Waals surface area contributed by atoms with Crippen molar-refractivity contribution in [2.24, 2.45) is 0 Å². The van der Waals surface area contributed by atoms with E-state index in [1.807, 2.05) is 6.07 Å². The van der Waals surface area contributed by atoms with Crippen LogP contribution in [0.5, 0.6) is 17.2 Å². The SMILES string of the molecule is N#Cc1cc2c(c(N3CCN(CCCOc4ccc(CN5CCOCC5)cc4)CC3)c1)OCCO2. The molecule has 5 rings (SSSR count). The molecule has 0 bridgehead atoms. The van der Waals surface area contributed by atoms with Crippen molar-refractivity contribution in [2.45, 2.75) is 13.0 Å². The number of benzene rings is 2. The topological polar surface area (TPSA) is 70.4 Å². The number of fused-ring (bicyclic) bond motifs is 1. The smallest absolute Gasteiger partial charge is 0.184 e. The summed E-state index contributed by atoms with van der Waals surface area (Å²) in [6.45, 7) is 11.2. The zero-order valence-corrected chi connectivity index (χ0v) is 20.3. The molecule has 186 valence electrons. The minimum Gasteiger partial charge on any atom is -0.494 e. The molecule has 35 heavy (non-hydrogen) atoms. The monoisotopic (exact) mass is 478 g/mol. The van der Waals surface area contributed by atoms with E-state index < -0.39 is 0 Å². The van der Waals surface area contributed by atoms with E-state index in [2.05, 4.69) is 45.0 Å². The molecule has 2 aromatic carbocycles. The molecule has 2 fully saturated rings. The van der Waals surface area contributed by atoms with Crippen molar-refractivity contribution in [3.05, 3.63) is 47.5 Å². The minimum atomic E-state index is 0.524. The Morgan fingerprint density at radius 2 is 1.63 bits per heavy atom. The molecule has 8 nitrogen and oxygen atoms in total. The Morgan fingerprint density at radius 1 is 0.857 bits per heavy atom. The normalized spacial score (nSPS) is 18.8. The summed E-state index contributed by atoms with van der Waals surface area (Å²) in [6, 6.07) is 14.4. The number of nitrogens with zero attached hydrogens (tertiary/aromatic N) is 4. The maximum absolute atomic E-state index is 9.40. The zero-order valence-electron chi connectivity index (χ0n) is 20.3. The van der Waals surface area contributed by atoms with Gasteiger partial charge in [0.2, 0.25) is 0 Å². The number of anilines is 1. The number of hydrogen-bond donors (Lipinski definition) is 0. The minimum absolute atomic E-state index is 0.524. The van der Waals surface area contributed by atoms with Crippen molar-refractivity contribution in [3.63, 3.8) is 0 Å². The molecule has 3 aliphatic heterocycles. The molecule has 8 heteroatoms. The van der Waals surface area contributed by atoms with E-state index >= 15 is 0 Å². The summed E-state index contributed by atoms with van der Waals surface area (Å²) in [4.78, 5) is 7.21. The van der Waals surface area contributed by atoms with E-state index in [1.165, 1.54) is 5.56 Å². The number of hydrogen-bond acceptors (Lipinski definition) is 8. The Bertz CT molecular complexity index is 1010. The van der Waals surface area contributed by atoms with Gasteiger partial charge in [0.15, 0.2) is 11.5 Å². The first-order chi connectivity index (χ1) is 17.3. The highest BCUT2D eigenvalue weighted by molar-refractivity contribution is 5.68. The summed E-state index contributed by atoms with van der Waals surface area (Å²) in [5.74, 6) is 2.39. The maximum atomic E-state index is 9.40. The fourth-order valence-corrected chi connectivity index (χ4v) is 4.83. The van der Waals surface area contributed by atoms with E-state index in [4.69, 9.17) is 18.9 Å². The standard InChI is InChI=1S/C27H34N4O4/c28-20-23-18-25(27-26(19-23)34-16-17-35-27)31-9-7-29(8-10-31)6-1-13-33-24-4-2-22(3-5-24)21-30-11-14-32-15-12-30/h2-5,18-19H,1,6-17,21H2. The van der Waals surface area contributed by atoms with E-state index in [-0.39, 0.29) is 0 Å². The van der Waals surface area contributed by atoms with Crippen LogP contribution in [-0.4, -0.2) is 88.6 Å². The second-order valence-electron chi connectivity index (χ2n) is 9.19. The van der Waals surface area contributed by atoms with Gasteiger partial charge in [-0.05, 0) is 30.2 Å². The van der Waals surface area contributed by atoms with Gasteiger partial charge >= 0.3 is 0 Å². The lowest BCUT2D eigenvalue weighted by Gasteiger charge is -2.37. The summed E-state index contributed by atoms with van der Waals surface area (Å²) < 4.78 is 23.0. The Hall–Kier alpha value is -2.99. The summed E-state index contributed by atoms with van der Waals surface area (Å²) in [7, 11) is 0. The van der Waals surface area contributed by atoms with Crippen molar-refractivity contribution >= 4 is 5.69 Å². The largest absolute Gasteiger partial charge is 0.494 e. The van der Waals surface area contributed by atoms with Crippen molar-refractivity contribution in [1.82, 2.24) is 9.80 Å². The molecule has 0 N–H and O–H groups in total. The average molecular weight is 479 g/mol. The third-order valence-electron chi connectivity index (χ3n) is 6.79. The average Bonchev–Trinajstić information content (AvgIpc) is 2.92. The first kappa shape index (κ1) is 23.7. The van der Waals surface area contributed by atoms with E-state index in [0.717, 1.165) is 89.2 Å². The third-order valence-corrected chi connectivity index (χ3v) is 6.79. The van der Waals surface area contributed by atoms with Crippen LogP contribution in [0.4, 0.5) is 5.69 Å². The predicted molar refractivity (Wildman–Crippen MR) is 133 cm³/mol. The first-order valence-electron chi connectivity index (χ1n) is 12.6. The second-order valence-corrected chi connectivity index (χ2v) is 9.19. The molecule has 2 saturated heterocycles. The van der Waals surface area contributed by atoms with Gasteiger partial charge in [-0.1, -0.05) is 12.1 Å². The van der Waals surface area contributed by atoms with Crippen LogP contribution in [0.1, 0.15) is 17.5 Å². The number of morpholine rings is 1. The lowest BCUT2D eigenvalue weighted by atomic mass is 10.1. The number of ether oxygens (including phenoxy) is 4. The molecule has 2 aromatic rings. The Labute approximate surface area is 207 Å². The van der Waals surface area contributed by atoms with E-state index in [0.29, 0.717) is 31.1 Å². The van der Waals surface area contributed by atoms with Gasteiger partial charge in [0.1, 0.15) is 19.0 Å². The number of rotatable bonds is 8. The molecular formula is C27H34N4O4. The summed E-state index contributed by atoms with van der Waals surface area (Å²) in [5, 5.41) is 9.40. The molecular weight excluding hydrogens is 444 g/mol. The fraction of sp³-hybridized carbons (Fsp3) is 0.519. The van der Waals surface area contributed by atoms with Crippen LogP contribution in [0.25, 0.3) is 0 Å². The first-order valence-corrected chi connectivity index (χ1v) is 12.6. The number of nitriles is 1. The Kier molecular flexibility index (Phi) is 7.89. The fourth-order valence-electron chi connectivity index (χ4n) is 4.83. The molecule has 0 aliphatic carbocycles. The second kappa shape index (κ2) is 11.6. The molecule has 0 radical (unpaired) electrons. The van der Waals surface area contributed by atoms with Gasteiger partial charge in [0.25, 0.3) is 0 Å². The summed E-state index contributed by atoms with van der Waals surface area (Å²) in [5.41, 5.74) is 2.90. The van der Waals surface area contributed by atoms with E-state index in [1.54, 1.807) is 6.07 Å². The van der Waals surface area contributed by atoms with Crippen LogP contribution in [0.15, 0.2) is 36.4 Å². The molecule has 0 aromatic heterocycles. The van der Waals surface area contributed by atoms with Crippen LogP contribution < -0.4 is 19.1 Å². The highest BCUT2D eigenvalue weighted by atomic mass is 16.6. The Balaban J connectivity index is 1.04. The van der Waals surface area contributed by atoms with Crippen molar-refractivity contribution < 1.29 is 18.9 Å². The third kappa shape index (κ3) is 6.17. The molecule has 0 amide bonds. The van der Waals surface area contributed by atoms with Crippen molar-refractivity contribution in [2.75, 3.05) is 83.7 Å². The van der Waals surface area contributed by atoms with Gasteiger partial charge in [-0.3, -0.25) is 9.80 Å². The van der Waals surface area contributed by atoms with Gasteiger partial charge in [-0.15, -0.1) is 0 Å². The number of piperazine rings is 1. The van der Waals surface area contributed by atoms with Crippen LogP contribution in [0, 0.1) is 11.3 Å². The van der Waals surface area contributed by atoms with Gasteiger partial charge < -0.3 is 23.8 Å². The van der Waals surface area contributed by atoms with Gasteiger partial charge in [0.05, 0.1) is 37.1 Å². The van der Waals surface area contributed by atoms with Gasteiger partial charge in [-0.2, -0.15) is 5.26 Å². The van der Waals surface area contributed by atoms with Gasteiger partial charge in [0, 0.05) is 58.4 Å². The Morgan fingerprint density at radius 3 is 2.40 bits per heavy atom. The molecule has 3 aliphatic rings. The van der Waals surface area contributed by atoms with Crippen molar-refractivity contribution in [3.8, 4) is 23.3 Å².